The Morgan fingerprint density at radius 2 is 2.12 bits per heavy atom. The molecule has 4 heteroatoms. The minimum Gasteiger partial charge on any atom is -0.464 e. The fraction of sp³-hybridized carbons (Fsp3) is 0.308. The summed E-state index contributed by atoms with van der Waals surface area (Å²) in [4.78, 5) is 11.2. The van der Waals surface area contributed by atoms with Crippen molar-refractivity contribution in [3.05, 3.63) is 42.2 Å². The van der Waals surface area contributed by atoms with Gasteiger partial charge in [0.15, 0.2) is 0 Å². The Bertz CT molecular complexity index is 399. The van der Waals surface area contributed by atoms with Gasteiger partial charge in [-0.15, -0.1) is 0 Å². The lowest BCUT2D eigenvalue weighted by Gasteiger charge is -2.06. The third kappa shape index (κ3) is 5.04. The number of benzene rings is 1. The van der Waals surface area contributed by atoms with Gasteiger partial charge in [-0.25, -0.2) is 4.79 Å². The van der Waals surface area contributed by atoms with Crippen molar-refractivity contribution in [3.63, 3.8) is 0 Å². The minimum atomic E-state index is -0.406. The number of carbonyl (C=O) groups excluding carboxylic acids is 1. The van der Waals surface area contributed by atoms with Crippen LogP contribution in [0, 0.1) is 0 Å². The van der Waals surface area contributed by atoms with Crippen LogP contribution in [-0.4, -0.2) is 12.1 Å². The van der Waals surface area contributed by atoms with Gasteiger partial charge in [0.1, 0.15) is 5.75 Å². The van der Waals surface area contributed by atoms with E-state index in [-0.39, 0.29) is 6.10 Å². The van der Waals surface area contributed by atoms with E-state index in [1.165, 1.54) is 12.3 Å². The normalized spacial score (nSPS) is 10.8. The predicted octanol–water partition coefficient (Wildman–Crippen LogP) is 3.43. The molecular formula is C13H15BrO3. The number of ether oxygens (including phenoxy) is 2. The van der Waals surface area contributed by atoms with Gasteiger partial charge in [0.25, 0.3) is 0 Å². The van der Waals surface area contributed by atoms with Crippen LogP contribution >= 0.6 is 15.9 Å². The summed E-state index contributed by atoms with van der Waals surface area (Å²) >= 11 is 3.37. The first-order valence-electron chi connectivity index (χ1n) is 5.31. The number of hydrogen-bond acceptors (Lipinski definition) is 3. The maximum Gasteiger partial charge on any atom is 0.334 e. The topological polar surface area (TPSA) is 35.5 Å². The Labute approximate surface area is 110 Å². The zero-order valence-corrected chi connectivity index (χ0v) is 11.4. The molecular weight excluding hydrogens is 284 g/mol. The summed E-state index contributed by atoms with van der Waals surface area (Å²) in [6, 6.07) is 7.60. The molecule has 1 aromatic rings. The largest absolute Gasteiger partial charge is 0.464 e. The lowest BCUT2D eigenvalue weighted by Crippen LogP contribution is -2.08. The maximum absolute atomic E-state index is 11.2. The molecule has 0 saturated carbocycles. The Morgan fingerprint density at radius 1 is 1.41 bits per heavy atom. The highest BCUT2D eigenvalue weighted by molar-refractivity contribution is 9.08. The third-order valence-electron chi connectivity index (χ3n) is 1.87. The van der Waals surface area contributed by atoms with Crippen LogP contribution in [0.2, 0.25) is 0 Å². The smallest absolute Gasteiger partial charge is 0.334 e. The van der Waals surface area contributed by atoms with E-state index in [0.717, 1.165) is 11.3 Å². The molecule has 0 spiro atoms. The van der Waals surface area contributed by atoms with Gasteiger partial charge < -0.3 is 9.47 Å². The van der Waals surface area contributed by atoms with Gasteiger partial charge in [-0.3, -0.25) is 0 Å². The summed E-state index contributed by atoms with van der Waals surface area (Å²) in [5.41, 5.74) is 1.02. The van der Waals surface area contributed by atoms with Crippen molar-refractivity contribution >= 4 is 21.9 Å². The summed E-state index contributed by atoms with van der Waals surface area (Å²) in [5, 5.41) is 0.702. The van der Waals surface area contributed by atoms with Crippen LogP contribution in [0.1, 0.15) is 19.4 Å². The lowest BCUT2D eigenvalue weighted by molar-refractivity contribution is -0.141. The molecule has 17 heavy (non-hydrogen) atoms. The second-order valence-corrected chi connectivity index (χ2v) is 4.21. The predicted molar refractivity (Wildman–Crippen MR) is 70.1 cm³/mol. The fourth-order valence-electron chi connectivity index (χ4n) is 1.16. The molecule has 0 heterocycles. The van der Waals surface area contributed by atoms with E-state index < -0.39 is 5.97 Å². The number of carbonyl (C=O) groups is 1. The molecule has 0 unspecified atom stereocenters. The number of hydrogen-bond donors (Lipinski definition) is 0. The van der Waals surface area contributed by atoms with Gasteiger partial charge in [0.05, 0.1) is 18.4 Å². The lowest BCUT2D eigenvalue weighted by atomic mass is 10.2. The van der Waals surface area contributed by atoms with Crippen molar-refractivity contribution in [2.75, 3.05) is 0 Å². The first-order chi connectivity index (χ1) is 8.13. The van der Waals surface area contributed by atoms with Gasteiger partial charge in [-0.1, -0.05) is 34.1 Å². The molecule has 0 fully saturated rings. The van der Waals surface area contributed by atoms with E-state index in [1.807, 2.05) is 24.3 Å². The fourth-order valence-corrected chi connectivity index (χ4v) is 1.63. The van der Waals surface area contributed by atoms with Crippen LogP contribution in [0.25, 0.3) is 0 Å². The molecule has 0 aliphatic carbocycles. The van der Waals surface area contributed by atoms with E-state index >= 15 is 0 Å². The van der Waals surface area contributed by atoms with Crippen molar-refractivity contribution in [2.45, 2.75) is 25.3 Å². The van der Waals surface area contributed by atoms with Crippen molar-refractivity contribution < 1.29 is 14.3 Å². The van der Waals surface area contributed by atoms with Crippen LogP contribution in [0.4, 0.5) is 0 Å². The molecule has 0 atom stereocenters. The third-order valence-corrected chi connectivity index (χ3v) is 2.47. The van der Waals surface area contributed by atoms with Gasteiger partial charge in [-0.05, 0) is 19.9 Å². The summed E-state index contributed by atoms with van der Waals surface area (Å²) in [6.07, 6.45) is 2.49. The van der Waals surface area contributed by atoms with Crippen LogP contribution in [0.15, 0.2) is 36.6 Å². The van der Waals surface area contributed by atoms with Crippen LogP contribution in [0.5, 0.6) is 5.75 Å². The molecule has 0 N–H and O–H groups in total. The molecule has 0 bridgehead atoms. The number of alkyl halides is 1. The SMILES string of the molecule is CC(C)OC(=O)/C=C/Oc1ccccc1CBr. The molecule has 0 aliphatic heterocycles. The molecule has 92 valence electrons. The zero-order valence-electron chi connectivity index (χ0n) is 9.85. The highest BCUT2D eigenvalue weighted by Crippen LogP contribution is 2.20. The highest BCUT2D eigenvalue weighted by atomic mass is 79.9. The number of rotatable bonds is 5. The van der Waals surface area contributed by atoms with Crippen LogP contribution < -0.4 is 4.74 Å². The second-order valence-electron chi connectivity index (χ2n) is 3.65. The second kappa shape index (κ2) is 7.12. The zero-order chi connectivity index (χ0) is 12.7. The van der Waals surface area contributed by atoms with E-state index in [1.54, 1.807) is 13.8 Å². The molecule has 1 aromatic carbocycles. The summed E-state index contributed by atoms with van der Waals surface area (Å²) in [7, 11) is 0. The Kier molecular flexibility index (Phi) is 5.77. The molecule has 1 rings (SSSR count). The summed E-state index contributed by atoms with van der Waals surface area (Å²) in [6.45, 7) is 3.60. The highest BCUT2D eigenvalue weighted by Gasteiger charge is 2.01. The van der Waals surface area contributed by atoms with Crippen molar-refractivity contribution in [2.24, 2.45) is 0 Å². The quantitative estimate of drug-likeness (QED) is 0.362. The minimum absolute atomic E-state index is 0.123. The van der Waals surface area contributed by atoms with Crippen molar-refractivity contribution in [1.29, 1.82) is 0 Å². The molecule has 3 nitrogen and oxygen atoms in total. The van der Waals surface area contributed by atoms with E-state index in [4.69, 9.17) is 9.47 Å². The Morgan fingerprint density at radius 3 is 2.76 bits per heavy atom. The van der Waals surface area contributed by atoms with Crippen molar-refractivity contribution in [3.8, 4) is 5.75 Å². The van der Waals surface area contributed by atoms with Gasteiger partial charge in [-0.2, -0.15) is 0 Å². The molecule has 0 amide bonds. The number of para-hydroxylation sites is 1. The average Bonchev–Trinajstić information content (AvgIpc) is 2.28. The number of esters is 1. The maximum atomic E-state index is 11.2. The molecule has 0 aliphatic rings. The van der Waals surface area contributed by atoms with Crippen LogP contribution in [-0.2, 0) is 14.9 Å². The summed E-state index contributed by atoms with van der Waals surface area (Å²) in [5.74, 6) is 0.314. The standard InChI is InChI=1S/C13H15BrO3/c1-10(2)17-13(15)7-8-16-12-6-4-3-5-11(12)9-14/h3-8,10H,9H2,1-2H3/b8-7+. The molecule has 0 radical (unpaired) electrons. The van der Waals surface area contributed by atoms with Gasteiger partial charge >= 0.3 is 5.97 Å². The van der Waals surface area contributed by atoms with E-state index in [9.17, 15) is 4.79 Å². The summed E-state index contributed by atoms with van der Waals surface area (Å²) < 4.78 is 10.3. The van der Waals surface area contributed by atoms with E-state index in [0.29, 0.717) is 5.33 Å². The average molecular weight is 299 g/mol. The van der Waals surface area contributed by atoms with Gasteiger partial charge in [0, 0.05) is 10.9 Å². The first kappa shape index (κ1) is 13.8. The first-order valence-corrected chi connectivity index (χ1v) is 6.43. The Balaban J connectivity index is 2.55. The van der Waals surface area contributed by atoms with E-state index in [2.05, 4.69) is 15.9 Å². The van der Waals surface area contributed by atoms with Gasteiger partial charge in [0.2, 0.25) is 0 Å². The monoisotopic (exact) mass is 298 g/mol. The molecule has 0 saturated heterocycles. The number of halogens is 1. The molecule has 0 aromatic heterocycles. The van der Waals surface area contributed by atoms with Crippen molar-refractivity contribution in [1.82, 2.24) is 0 Å². The Hall–Kier alpha value is -1.29. The van der Waals surface area contributed by atoms with Crippen LogP contribution in [0.3, 0.4) is 0 Å².